The minimum absolute atomic E-state index is 0.390. The van der Waals surface area contributed by atoms with E-state index in [9.17, 15) is 9.90 Å². The molecular formula is C15H19BrN2O2. The summed E-state index contributed by atoms with van der Waals surface area (Å²) >= 11 is 3.35. The largest absolute Gasteiger partial charge is 0.478 e. The number of rotatable bonds is 3. The number of carboxylic acids is 1. The van der Waals surface area contributed by atoms with Crippen LogP contribution in [0, 0.1) is 0 Å². The van der Waals surface area contributed by atoms with E-state index in [1.54, 1.807) is 6.07 Å². The zero-order valence-electron chi connectivity index (χ0n) is 11.4. The summed E-state index contributed by atoms with van der Waals surface area (Å²) in [4.78, 5) is 16.2. The summed E-state index contributed by atoms with van der Waals surface area (Å²) < 4.78 is 0.814. The lowest BCUT2D eigenvalue weighted by atomic mass is 10.1. The van der Waals surface area contributed by atoms with Crippen molar-refractivity contribution in [2.45, 2.75) is 25.3 Å². The van der Waals surface area contributed by atoms with Crippen LogP contribution in [-0.4, -0.2) is 48.2 Å². The number of benzene rings is 1. The number of nitrogens with zero attached hydrogens (tertiary/aromatic N) is 2. The Hall–Kier alpha value is -1.07. The Morgan fingerprint density at radius 1 is 1.25 bits per heavy atom. The van der Waals surface area contributed by atoms with Gasteiger partial charge >= 0.3 is 5.97 Å². The maximum Gasteiger partial charge on any atom is 0.337 e. The van der Waals surface area contributed by atoms with Crippen molar-refractivity contribution in [3.8, 4) is 0 Å². The number of halogens is 1. The van der Waals surface area contributed by atoms with Crippen molar-refractivity contribution in [3.63, 3.8) is 0 Å². The van der Waals surface area contributed by atoms with E-state index >= 15 is 0 Å². The average Bonchev–Trinajstić information content (AvgIpc) is 3.09. The third-order valence-corrected chi connectivity index (χ3v) is 4.84. The topological polar surface area (TPSA) is 43.8 Å². The van der Waals surface area contributed by atoms with E-state index in [4.69, 9.17) is 0 Å². The summed E-state index contributed by atoms with van der Waals surface area (Å²) in [6.45, 7) is 4.29. The Morgan fingerprint density at radius 2 is 2.00 bits per heavy atom. The zero-order valence-corrected chi connectivity index (χ0v) is 13.0. The molecule has 0 saturated carbocycles. The molecule has 2 heterocycles. The molecule has 4 nitrogen and oxygen atoms in total. The molecule has 1 N–H and O–H groups in total. The summed E-state index contributed by atoms with van der Waals surface area (Å²) in [6, 6.07) is 6.12. The second kappa shape index (κ2) is 5.74. The maximum atomic E-state index is 11.4. The number of anilines is 1. The third kappa shape index (κ3) is 2.69. The van der Waals surface area contributed by atoms with E-state index in [1.165, 1.54) is 25.9 Å². The van der Waals surface area contributed by atoms with E-state index in [0.717, 1.165) is 29.7 Å². The smallest absolute Gasteiger partial charge is 0.337 e. The van der Waals surface area contributed by atoms with Gasteiger partial charge in [-0.25, -0.2) is 4.79 Å². The SMILES string of the molecule is O=C(O)c1cc(Br)ccc1N1CCC(N2CCCC2)C1. The van der Waals surface area contributed by atoms with Gasteiger partial charge in [0.2, 0.25) is 0 Å². The quantitative estimate of drug-likeness (QED) is 0.920. The van der Waals surface area contributed by atoms with E-state index in [1.807, 2.05) is 12.1 Å². The molecule has 0 bridgehead atoms. The van der Waals surface area contributed by atoms with Crippen LogP contribution in [0.5, 0.6) is 0 Å². The molecule has 0 amide bonds. The molecule has 20 heavy (non-hydrogen) atoms. The van der Waals surface area contributed by atoms with Gasteiger partial charge in [0.15, 0.2) is 0 Å². The van der Waals surface area contributed by atoms with Crippen molar-refractivity contribution in [2.75, 3.05) is 31.1 Å². The Labute approximate surface area is 127 Å². The first-order valence-corrected chi connectivity index (χ1v) is 7.96. The Morgan fingerprint density at radius 3 is 2.70 bits per heavy atom. The van der Waals surface area contributed by atoms with Gasteiger partial charge in [-0.15, -0.1) is 0 Å². The highest BCUT2D eigenvalue weighted by Crippen LogP contribution is 2.29. The van der Waals surface area contributed by atoms with E-state index < -0.39 is 5.97 Å². The monoisotopic (exact) mass is 338 g/mol. The molecule has 1 atom stereocenters. The van der Waals surface area contributed by atoms with Crippen LogP contribution in [0.25, 0.3) is 0 Å². The van der Waals surface area contributed by atoms with Crippen LogP contribution in [0.2, 0.25) is 0 Å². The summed E-state index contributed by atoms with van der Waals surface area (Å²) in [7, 11) is 0. The van der Waals surface area contributed by atoms with E-state index in [-0.39, 0.29) is 0 Å². The molecule has 1 aromatic rings. The summed E-state index contributed by atoms with van der Waals surface area (Å²) in [5, 5.41) is 9.37. The van der Waals surface area contributed by atoms with Gasteiger partial charge in [-0.05, 0) is 50.6 Å². The van der Waals surface area contributed by atoms with Gasteiger partial charge in [0.25, 0.3) is 0 Å². The maximum absolute atomic E-state index is 11.4. The van der Waals surface area contributed by atoms with Gasteiger partial charge in [0.1, 0.15) is 0 Å². The van der Waals surface area contributed by atoms with Gasteiger partial charge in [-0.2, -0.15) is 0 Å². The fourth-order valence-corrected chi connectivity index (χ4v) is 3.68. The second-order valence-corrected chi connectivity index (χ2v) is 6.51. The normalized spacial score (nSPS) is 23.4. The van der Waals surface area contributed by atoms with Gasteiger partial charge in [0.05, 0.1) is 11.3 Å². The second-order valence-electron chi connectivity index (χ2n) is 5.60. The third-order valence-electron chi connectivity index (χ3n) is 4.35. The van der Waals surface area contributed by atoms with E-state index in [0.29, 0.717) is 11.6 Å². The molecule has 5 heteroatoms. The number of hydrogen-bond donors (Lipinski definition) is 1. The number of carboxylic acid groups (broad SMARTS) is 1. The van der Waals surface area contributed by atoms with Crippen molar-refractivity contribution in [2.24, 2.45) is 0 Å². The van der Waals surface area contributed by atoms with Crippen molar-refractivity contribution in [1.29, 1.82) is 0 Å². The predicted molar refractivity (Wildman–Crippen MR) is 82.5 cm³/mol. The molecule has 1 aromatic carbocycles. The lowest BCUT2D eigenvalue weighted by molar-refractivity contribution is 0.0697. The minimum atomic E-state index is -0.856. The summed E-state index contributed by atoms with van der Waals surface area (Å²) in [6.07, 6.45) is 3.74. The van der Waals surface area contributed by atoms with Crippen LogP contribution in [0.1, 0.15) is 29.6 Å². The summed E-state index contributed by atoms with van der Waals surface area (Å²) in [5.41, 5.74) is 1.24. The van der Waals surface area contributed by atoms with Crippen molar-refractivity contribution in [3.05, 3.63) is 28.2 Å². The molecule has 0 aromatic heterocycles. The molecule has 2 fully saturated rings. The van der Waals surface area contributed by atoms with Crippen LogP contribution in [0.4, 0.5) is 5.69 Å². The first-order chi connectivity index (χ1) is 9.65. The average molecular weight is 339 g/mol. The minimum Gasteiger partial charge on any atom is -0.478 e. The zero-order chi connectivity index (χ0) is 14.1. The van der Waals surface area contributed by atoms with Gasteiger partial charge in [-0.1, -0.05) is 15.9 Å². The first kappa shape index (κ1) is 13.9. The van der Waals surface area contributed by atoms with E-state index in [2.05, 4.69) is 25.7 Å². The fraction of sp³-hybridized carbons (Fsp3) is 0.533. The molecule has 2 saturated heterocycles. The van der Waals surface area contributed by atoms with Crippen molar-refractivity contribution >= 4 is 27.6 Å². The van der Waals surface area contributed by atoms with Crippen molar-refractivity contribution in [1.82, 2.24) is 4.90 Å². The Bertz CT molecular complexity index is 515. The van der Waals surface area contributed by atoms with Gasteiger partial charge in [0, 0.05) is 23.6 Å². The number of aromatic carboxylic acids is 1. The molecule has 0 radical (unpaired) electrons. The molecule has 1 unspecified atom stereocenters. The fourth-order valence-electron chi connectivity index (χ4n) is 3.32. The van der Waals surface area contributed by atoms with Crippen LogP contribution in [0.3, 0.4) is 0 Å². The predicted octanol–water partition coefficient (Wildman–Crippen LogP) is 2.82. The molecule has 108 valence electrons. The standard InChI is InChI=1S/C15H19BrN2O2/c16-11-3-4-14(13(9-11)15(19)20)18-8-5-12(10-18)17-6-1-2-7-17/h3-4,9,12H,1-2,5-8,10H2,(H,19,20). The molecular weight excluding hydrogens is 320 g/mol. The van der Waals surface area contributed by atoms with Crippen molar-refractivity contribution < 1.29 is 9.90 Å². The Kier molecular flexibility index (Phi) is 3.98. The van der Waals surface area contributed by atoms with Crippen LogP contribution in [-0.2, 0) is 0 Å². The number of hydrogen-bond acceptors (Lipinski definition) is 3. The Balaban J connectivity index is 1.78. The molecule has 2 aliphatic heterocycles. The highest BCUT2D eigenvalue weighted by atomic mass is 79.9. The number of carbonyl (C=O) groups is 1. The number of likely N-dealkylation sites (tertiary alicyclic amines) is 1. The lowest BCUT2D eigenvalue weighted by Crippen LogP contribution is -2.35. The summed E-state index contributed by atoms with van der Waals surface area (Å²) in [5.74, 6) is -0.856. The van der Waals surface area contributed by atoms with Crippen LogP contribution >= 0.6 is 15.9 Å². The van der Waals surface area contributed by atoms with Crippen LogP contribution in [0.15, 0.2) is 22.7 Å². The first-order valence-electron chi connectivity index (χ1n) is 7.17. The highest BCUT2D eigenvalue weighted by Gasteiger charge is 2.30. The molecule has 2 aliphatic rings. The molecule has 3 rings (SSSR count). The molecule has 0 spiro atoms. The lowest BCUT2D eigenvalue weighted by Gasteiger charge is -2.25. The van der Waals surface area contributed by atoms with Gasteiger partial charge < -0.3 is 10.0 Å². The van der Waals surface area contributed by atoms with Gasteiger partial charge in [-0.3, -0.25) is 4.90 Å². The molecule has 0 aliphatic carbocycles. The highest BCUT2D eigenvalue weighted by molar-refractivity contribution is 9.10. The van der Waals surface area contributed by atoms with Crippen LogP contribution < -0.4 is 4.90 Å².